The topological polar surface area (TPSA) is 58.6 Å². The zero-order chi connectivity index (χ0) is 27.5. The fourth-order valence-corrected chi connectivity index (χ4v) is 4.58. The number of halogens is 3. The van der Waals surface area contributed by atoms with Crippen LogP contribution in [0.4, 0.5) is 0 Å². The maximum atomic E-state index is 13.7. The largest absolute Gasteiger partial charge is 0.494 e. The Balaban J connectivity index is 1.84. The van der Waals surface area contributed by atoms with Crippen LogP contribution >= 0.6 is 34.8 Å². The van der Waals surface area contributed by atoms with Crippen molar-refractivity contribution in [3.8, 4) is 5.75 Å². The molecule has 0 aliphatic rings. The number of amides is 2. The van der Waals surface area contributed by atoms with E-state index >= 15 is 0 Å². The second-order valence-corrected chi connectivity index (χ2v) is 10.4. The summed E-state index contributed by atoms with van der Waals surface area (Å²) < 4.78 is 5.77. The van der Waals surface area contributed by atoms with Crippen LogP contribution in [0.2, 0.25) is 15.1 Å². The third kappa shape index (κ3) is 8.93. The molecule has 38 heavy (non-hydrogen) atoms. The molecule has 0 aliphatic carbocycles. The molecule has 0 saturated heterocycles. The lowest BCUT2D eigenvalue weighted by Gasteiger charge is -2.33. The van der Waals surface area contributed by atoms with Gasteiger partial charge in [0.1, 0.15) is 11.8 Å². The van der Waals surface area contributed by atoms with Gasteiger partial charge in [-0.25, -0.2) is 0 Å². The van der Waals surface area contributed by atoms with Gasteiger partial charge in [0, 0.05) is 46.1 Å². The molecule has 1 N–H and O–H groups in total. The Morgan fingerprint density at radius 3 is 2.21 bits per heavy atom. The Hall–Kier alpha value is -2.73. The van der Waals surface area contributed by atoms with E-state index < -0.39 is 6.04 Å². The lowest BCUT2D eigenvalue weighted by atomic mass is 10.0. The van der Waals surface area contributed by atoms with Crippen molar-refractivity contribution >= 4 is 46.6 Å². The molecule has 0 aromatic heterocycles. The predicted octanol–water partition coefficient (Wildman–Crippen LogP) is 7.36. The molecule has 0 fully saturated rings. The molecule has 3 rings (SSSR count). The highest BCUT2D eigenvalue weighted by Crippen LogP contribution is 2.28. The summed E-state index contributed by atoms with van der Waals surface area (Å²) in [5.41, 5.74) is 1.56. The standard InChI is InChI=1S/C30H33Cl3N2O3/c1-3-21(2)34-30(37)28(19-22-9-5-4-6-10-22)35(20-25-26(32)11-7-12-27(25)33)29(36)13-8-18-38-24-16-14-23(31)15-17-24/h4-7,9-12,14-17,21,28H,3,8,13,18-20H2,1-2H3,(H,34,37)/t21-,28-/m0/s1. The molecule has 0 saturated carbocycles. The van der Waals surface area contributed by atoms with Gasteiger partial charge in [-0.05, 0) is 61.7 Å². The van der Waals surface area contributed by atoms with Crippen LogP contribution in [0.3, 0.4) is 0 Å². The second kappa shape index (κ2) is 15.0. The van der Waals surface area contributed by atoms with E-state index in [9.17, 15) is 9.59 Å². The van der Waals surface area contributed by atoms with Gasteiger partial charge in [-0.3, -0.25) is 9.59 Å². The van der Waals surface area contributed by atoms with E-state index in [0.717, 1.165) is 12.0 Å². The van der Waals surface area contributed by atoms with Gasteiger partial charge < -0.3 is 15.0 Å². The first kappa shape index (κ1) is 29.8. The number of ether oxygens (including phenoxy) is 1. The molecule has 0 heterocycles. The number of hydrogen-bond acceptors (Lipinski definition) is 3. The normalized spacial score (nSPS) is 12.4. The number of carbonyl (C=O) groups is 2. The molecule has 0 radical (unpaired) electrons. The van der Waals surface area contributed by atoms with Gasteiger partial charge >= 0.3 is 0 Å². The van der Waals surface area contributed by atoms with Crippen molar-refractivity contribution < 1.29 is 14.3 Å². The highest BCUT2D eigenvalue weighted by Gasteiger charge is 2.31. The van der Waals surface area contributed by atoms with E-state index in [0.29, 0.717) is 45.8 Å². The van der Waals surface area contributed by atoms with Crippen LogP contribution in [-0.4, -0.2) is 35.4 Å². The first-order chi connectivity index (χ1) is 18.3. The SMILES string of the molecule is CC[C@H](C)NC(=O)[C@H](Cc1ccccc1)N(Cc1c(Cl)cccc1Cl)C(=O)CCCOc1ccc(Cl)cc1. The van der Waals surface area contributed by atoms with E-state index in [1.807, 2.05) is 44.2 Å². The molecular formula is C30H33Cl3N2O3. The number of benzene rings is 3. The molecule has 0 unspecified atom stereocenters. The summed E-state index contributed by atoms with van der Waals surface area (Å²) >= 11 is 18.9. The summed E-state index contributed by atoms with van der Waals surface area (Å²) in [6.45, 7) is 4.41. The second-order valence-electron chi connectivity index (χ2n) is 9.15. The molecule has 0 aliphatic heterocycles. The summed E-state index contributed by atoms with van der Waals surface area (Å²) in [4.78, 5) is 28.9. The highest BCUT2D eigenvalue weighted by molar-refractivity contribution is 6.36. The number of hydrogen-bond donors (Lipinski definition) is 1. The van der Waals surface area contributed by atoms with Crippen LogP contribution in [0.1, 0.15) is 44.2 Å². The van der Waals surface area contributed by atoms with Gasteiger partial charge in [-0.2, -0.15) is 0 Å². The minimum Gasteiger partial charge on any atom is -0.494 e. The Labute approximate surface area is 240 Å². The number of rotatable bonds is 13. The van der Waals surface area contributed by atoms with Crippen molar-refractivity contribution in [3.63, 3.8) is 0 Å². The van der Waals surface area contributed by atoms with Crippen molar-refractivity contribution in [1.29, 1.82) is 0 Å². The Morgan fingerprint density at radius 1 is 0.921 bits per heavy atom. The molecule has 0 spiro atoms. The van der Waals surface area contributed by atoms with Crippen LogP contribution in [0.5, 0.6) is 5.75 Å². The van der Waals surface area contributed by atoms with Crippen LogP contribution in [-0.2, 0) is 22.6 Å². The zero-order valence-electron chi connectivity index (χ0n) is 21.6. The van der Waals surface area contributed by atoms with Gasteiger partial charge in [0.15, 0.2) is 0 Å². The third-order valence-electron chi connectivity index (χ3n) is 6.28. The molecular weight excluding hydrogens is 543 g/mol. The predicted molar refractivity (Wildman–Crippen MR) is 155 cm³/mol. The van der Waals surface area contributed by atoms with Crippen LogP contribution < -0.4 is 10.1 Å². The third-order valence-corrected chi connectivity index (χ3v) is 7.24. The summed E-state index contributed by atoms with van der Waals surface area (Å²) in [6, 6.07) is 21.2. The smallest absolute Gasteiger partial charge is 0.243 e. The van der Waals surface area contributed by atoms with Crippen molar-refractivity contribution in [2.75, 3.05) is 6.61 Å². The monoisotopic (exact) mass is 574 g/mol. The van der Waals surface area contributed by atoms with Crippen molar-refractivity contribution in [3.05, 3.63) is 99.0 Å². The summed E-state index contributed by atoms with van der Waals surface area (Å²) in [7, 11) is 0. The Bertz CT molecular complexity index is 1170. The molecule has 8 heteroatoms. The van der Waals surface area contributed by atoms with Crippen LogP contribution in [0.15, 0.2) is 72.8 Å². The summed E-state index contributed by atoms with van der Waals surface area (Å²) in [6.07, 6.45) is 1.80. The highest BCUT2D eigenvalue weighted by atomic mass is 35.5. The lowest BCUT2D eigenvalue weighted by molar-refractivity contribution is -0.141. The van der Waals surface area contributed by atoms with Crippen molar-refractivity contribution in [1.82, 2.24) is 10.2 Å². The van der Waals surface area contributed by atoms with Crippen molar-refractivity contribution in [2.45, 2.75) is 58.2 Å². The fraction of sp³-hybridized carbons (Fsp3) is 0.333. The molecule has 5 nitrogen and oxygen atoms in total. The van der Waals surface area contributed by atoms with Gasteiger partial charge in [-0.1, -0.05) is 78.1 Å². The average Bonchev–Trinajstić information content (AvgIpc) is 2.91. The van der Waals surface area contributed by atoms with Gasteiger partial charge in [0.25, 0.3) is 0 Å². The van der Waals surface area contributed by atoms with E-state index in [2.05, 4.69) is 5.32 Å². The summed E-state index contributed by atoms with van der Waals surface area (Å²) in [5.74, 6) is 0.287. The first-order valence-electron chi connectivity index (χ1n) is 12.7. The average molecular weight is 576 g/mol. The summed E-state index contributed by atoms with van der Waals surface area (Å²) in [5, 5.41) is 4.58. The molecule has 2 atom stereocenters. The molecule has 0 bridgehead atoms. The molecule has 2 amide bonds. The number of nitrogens with zero attached hydrogens (tertiary/aromatic N) is 1. The maximum Gasteiger partial charge on any atom is 0.243 e. The number of nitrogens with one attached hydrogen (secondary N) is 1. The molecule has 3 aromatic rings. The van der Waals surface area contributed by atoms with Gasteiger partial charge in [0.2, 0.25) is 11.8 Å². The Morgan fingerprint density at radius 2 is 1.58 bits per heavy atom. The van der Waals surface area contributed by atoms with E-state index in [1.54, 1.807) is 47.4 Å². The minimum atomic E-state index is -0.747. The van der Waals surface area contributed by atoms with E-state index in [-0.39, 0.29) is 30.8 Å². The number of carbonyl (C=O) groups excluding carboxylic acids is 2. The molecule has 202 valence electrons. The first-order valence-corrected chi connectivity index (χ1v) is 13.9. The fourth-order valence-electron chi connectivity index (χ4n) is 3.94. The van der Waals surface area contributed by atoms with E-state index in [4.69, 9.17) is 39.5 Å². The lowest BCUT2D eigenvalue weighted by Crippen LogP contribution is -2.52. The van der Waals surface area contributed by atoms with Crippen LogP contribution in [0, 0.1) is 0 Å². The van der Waals surface area contributed by atoms with E-state index in [1.165, 1.54) is 0 Å². The Kier molecular flexibility index (Phi) is 11.8. The van der Waals surface area contributed by atoms with Gasteiger partial charge in [-0.15, -0.1) is 0 Å². The molecule has 3 aromatic carbocycles. The van der Waals surface area contributed by atoms with Gasteiger partial charge in [0.05, 0.1) is 6.61 Å². The van der Waals surface area contributed by atoms with Crippen molar-refractivity contribution in [2.24, 2.45) is 0 Å². The van der Waals surface area contributed by atoms with Crippen LogP contribution in [0.25, 0.3) is 0 Å². The zero-order valence-corrected chi connectivity index (χ0v) is 23.9. The maximum absolute atomic E-state index is 13.7. The quantitative estimate of drug-likeness (QED) is 0.217. The minimum absolute atomic E-state index is 0.0330.